The Morgan fingerprint density at radius 3 is 2.29 bits per heavy atom. The number of hydrogen-bond donors (Lipinski definition) is 2. The van der Waals surface area contributed by atoms with E-state index in [-0.39, 0.29) is 17.0 Å². The fourth-order valence-corrected chi connectivity index (χ4v) is 2.65. The number of benzene rings is 3. The van der Waals surface area contributed by atoms with Crippen molar-refractivity contribution in [2.24, 2.45) is 5.73 Å². The molecule has 0 aromatic heterocycles. The zero-order valence-electron chi connectivity index (χ0n) is 12.7. The van der Waals surface area contributed by atoms with Crippen LogP contribution in [0.4, 0.5) is 5.69 Å². The predicted octanol–water partition coefficient (Wildman–Crippen LogP) is 3.00. The lowest BCUT2D eigenvalue weighted by molar-refractivity contribution is 0.100. The number of hydrogen-bond acceptors (Lipinski definition) is 3. The first-order chi connectivity index (χ1) is 11.6. The highest BCUT2D eigenvalue weighted by atomic mass is 16.2. The number of fused-ring (bicyclic) bond motifs is 1. The Morgan fingerprint density at radius 1 is 0.875 bits per heavy atom. The summed E-state index contributed by atoms with van der Waals surface area (Å²) in [4.78, 5) is 35.7. The summed E-state index contributed by atoms with van der Waals surface area (Å²) in [5.74, 6) is -1.03. The first-order valence-electron chi connectivity index (χ1n) is 7.29. The molecule has 0 aliphatic carbocycles. The van der Waals surface area contributed by atoms with Crippen molar-refractivity contribution >= 4 is 34.6 Å². The van der Waals surface area contributed by atoms with E-state index in [4.69, 9.17) is 5.73 Å². The normalized spacial score (nSPS) is 10.3. The summed E-state index contributed by atoms with van der Waals surface area (Å²) in [7, 11) is 0. The molecule has 0 aliphatic rings. The van der Waals surface area contributed by atoms with E-state index in [1.165, 1.54) is 6.07 Å². The van der Waals surface area contributed by atoms with Crippen LogP contribution in [0.2, 0.25) is 0 Å². The number of amides is 2. The van der Waals surface area contributed by atoms with E-state index in [1.807, 2.05) is 6.07 Å². The van der Waals surface area contributed by atoms with Crippen LogP contribution in [0.25, 0.3) is 10.8 Å². The molecule has 24 heavy (non-hydrogen) atoms. The van der Waals surface area contributed by atoms with Crippen LogP contribution in [0.15, 0.2) is 60.7 Å². The standard InChI is InChI=1S/C19H14N2O3/c20-18(23)15-8-4-7-14-12(11-22)9-10-16(17(14)15)19(24)21-13-5-2-1-3-6-13/h1-11H,(H2,20,23)(H,21,24). The molecular formula is C19H14N2O3. The van der Waals surface area contributed by atoms with E-state index in [1.54, 1.807) is 48.5 Å². The Labute approximate surface area is 138 Å². The van der Waals surface area contributed by atoms with Crippen molar-refractivity contribution in [1.29, 1.82) is 0 Å². The molecule has 3 N–H and O–H groups in total. The van der Waals surface area contributed by atoms with Crippen LogP contribution in [0.1, 0.15) is 31.1 Å². The highest BCUT2D eigenvalue weighted by molar-refractivity contribution is 6.20. The van der Waals surface area contributed by atoms with Crippen LogP contribution < -0.4 is 11.1 Å². The van der Waals surface area contributed by atoms with Gasteiger partial charge in [-0.25, -0.2) is 0 Å². The molecule has 0 atom stereocenters. The largest absolute Gasteiger partial charge is 0.366 e. The predicted molar refractivity (Wildman–Crippen MR) is 92.2 cm³/mol. The quantitative estimate of drug-likeness (QED) is 0.725. The molecule has 118 valence electrons. The van der Waals surface area contributed by atoms with Gasteiger partial charge in [0.2, 0.25) is 5.91 Å². The minimum atomic E-state index is -0.655. The molecule has 0 bridgehead atoms. The van der Waals surface area contributed by atoms with Crippen molar-refractivity contribution in [3.63, 3.8) is 0 Å². The van der Waals surface area contributed by atoms with Crippen LogP contribution in [0.5, 0.6) is 0 Å². The summed E-state index contributed by atoms with van der Waals surface area (Å²) >= 11 is 0. The molecule has 0 saturated heterocycles. The molecule has 5 heteroatoms. The van der Waals surface area contributed by atoms with Crippen molar-refractivity contribution in [1.82, 2.24) is 0 Å². The Hall–Kier alpha value is -3.47. The maximum Gasteiger partial charge on any atom is 0.256 e. The Kier molecular flexibility index (Phi) is 4.07. The lowest BCUT2D eigenvalue weighted by Gasteiger charge is -2.12. The average molecular weight is 318 g/mol. The molecule has 3 aromatic rings. The van der Waals surface area contributed by atoms with Gasteiger partial charge in [-0.3, -0.25) is 14.4 Å². The highest BCUT2D eigenvalue weighted by Crippen LogP contribution is 2.26. The zero-order chi connectivity index (χ0) is 17.1. The molecular weight excluding hydrogens is 304 g/mol. The highest BCUT2D eigenvalue weighted by Gasteiger charge is 2.17. The summed E-state index contributed by atoms with van der Waals surface area (Å²) < 4.78 is 0. The van der Waals surface area contributed by atoms with Gasteiger partial charge >= 0.3 is 0 Å². The van der Waals surface area contributed by atoms with Crippen LogP contribution in [-0.4, -0.2) is 18.1 Å². The zero-order valence-corrected chi connectivity index (χ0v) is 12.7. The van der Waals surface area contributed by atoms with Gasteiger partial charge in [0, 0.05) is 27.8 Å². The number of aldehydes is 1. The maximum absolute atomic E-state index is 12.7. The van der Waals surface area contributed by atoms with Gasteiger partial charge in [0.25, 0.3) is 5.91 Å². The molecule has 3 aromatic carbocycles. The van der Waals surface area contributed by atoms with Gasteiger partial charge in [0.05, 0.1) is 0 Å². The lowest BCUT2D eigenvalue weighted by Crippen LogP contribution is -2.16. The topological polar surface area (TPSA) is 89.3 Å². The van der Waals surface area contributed by atoms with Gasteiger partial charge in [-0.05, 0) is 29.7 Å². The second kappa shape index (κ2) is 6.34. The molecule has 0 aliphatic heterocycles. The third-order valence-electron chi connectivity index (χ3n) is 3.74. The van der Waals surface area contributed by atoms with Crippen molar-refractivity contribution in [3.8, 4) is 0 Å². The number of para-hydroxylation sites is 1. The summed E-state index contributed by atoms with van der Waals surface area (Å²) in [6.45, 7) is 0. The van der Waals surface area contributed by atoms with Crippen LogP contribution in [-0.2, 0) is 0 Å². The van der Waals surface area contributed by atoms with Gasteiger partial charge in [-0.1, -0.05) is 36.4 Å². The summed E-state index contributed by atoms with van der Waals surface area (Å²) in [6, 6.07) is 16.9. The van der Waals surface area contributed by atoms with Gasteiger partial charge in [0.1, 0.15) is 0 Å². The first-order valence-corrected chi connectivity index (χ1v) is 7.29. The summed E-state index contributed by atoms with van der Waals surface area (Å²) in [5.41, 5.74) is 6.95. The third-order valence-corrected chi connectivity index (χ3v) is 3.74. The third kappa shape index (κ3) is 2.75. The molecule has 0 radical (unpaired) electrons. The maximum atomic E-state index is 12.7. The van der Waals surface area contributed by atoms with E-state index in [9.17, 15) is 14.4 Å². The van der Waals surface area contributed by atoms with Gasteiger partial charge in [-0.15, -0.1) is 0 Å². The van der Waals surface area contributed by atoms with Crippen molar-refractivity contribution < 1.29 is 14.4 Å². The second-order valence-corrected chi connectivity index (χ2v) is 5.23. The first kappa shape index (κ1) is 15.4. The van der Waals surface area contributed by atoms with Crippen molar-refractivity contribution in [3.05, 3.63) is 77.4 Å². The molecule has 0 saturated carbocycles. The average Bonchev–Trinajstić information content (AvgIpc) is 2.60. The molecule has 0 unspecified atom stereocenters. The lowest BCUT2D eigenvalue weighted by atomic mass is 9.95. The number of primary amides is 1. The minimum Gasteiger partial charge on any atom is -0.366 e. The molecule has 3 rings (SSSR count). The molecule has 5 nitrogen and oxygen atoms in total. The Bertz CT molecular complexity index is 949. The smallest absolute Gasteiger partial charge is 0.256 e. The van der Waals surface area contributed by atoms with E-state index in [2.05, 4.69) is 5.32 Å². The van der Waals surface area contributed by atoms with Crippen LogP contribution in [0, 0.1) is 0 Å². The van der Waals surface area contributed by atoms with Crippen molar-refractivity contribution in [2.45, 2.75) is 0 Å². The van der Waals surface area contributed by atoms with Crippen LogP contribution in [0.3, 0.4) is 0 Å². The molecule has 0 heterocycles. The van der Waals surface area contributed by atoms with E-state index in [0.29, 0.717) is 28.3 Å². The van der Waals surface area contributed by atoms with Gasteiger partial charge < -0.3 is 11.1 Å². The summed E-state index contributed by atoms with van der Waals surface area (Å²) in [5, 5.41) is 3.67. The van der Waals surface area contributed by atoms with Crippen molar-refractivity contribution in [2.75, 3.05) is 5.32 Å². The van der Waals surface area contributed by atoms with E-state index < -0.39 is 5.91 Å². The van der Waals surface area contributed by atoms with Gasteiger partial charge in [-0.2, -0.15) is 0 Å². The molecule has 0 spiro atoms. The number of anilines is 1. The fraction of sp³-hybridized carbons (Fsp3) is 0. The number of carbonyl (C=O) groups is 3. The number of nitrogens with one attached hydrogen (secondary N) is 1. The van der Waals surface area contributed by atoms with Crippen LogP contribution >= 0.6 is 0 Å². The SMILES string of the molecule is NC(=O)c1cccc2c(C=O)ccc(C(=O)Nc3ccccc3)c12. The van der Waals surface area contributed by atoms with Gasteiger partial charge in [0.15, 0.2) is 6.29 Å². The minimum absolute atomic E-state index is 0.203. The fourth-order valence-electron chi connectivity index (χ4n) is 2.65. The number of carbonyl (C=O) groups excluding carboxylic acids is 3. The number of nitrogens with two attached hydrogens (primary N) is 1. The Balaban J connectivity index is 2.19. The molecule has 0 fully saturated rings. The van der Waals surface area contributed by atoms with E-state index in [0.717, 1.165) is 0 Å². The second-order valence-electron chi connectivity index (χ2n) is 5.23. The van der Waals surface area contributed by atoms with E-state index >= 15 is 0 Å². The summed E-state index contributed by atoms with van der Waals surface area (Å²) in [6.07, 6.45) is 0.686. The number of rotatable bonds is 4. The Morgan fingerprint density at radius 2 is 1.62 bits per heavy atom. The monoisotopic (exact) mass is 318 g/mol. The molecule has 2 amide bonds.